The van der Waals surface area contributed by atoms with E-state index in [0.717, 1.165) is 5.56 Å². The van der Waals surface area contributed by atoms with Crippen LogP contribution < -0.4 is 10.3 Å². The van der Waals surface area contributed by atoms with Crippen molar-refractivity contribution in [2.75, 3.05) is 6.26 Å². The minimum absolute atomic E-state index is 0.0103. The molecule has 2 aromatic carbocycles. The van der Waals surface area contributed by atoms with E-state index in [9.17, 15) is 10.1 Å². The molecule has 0 saturated carbocycles. The number of nitriles is 1. The highest BCUT2D eigenvalue weighted by Gasteiger charge is 2.13. The largest absolute Gasteiger partial charge is 0.489 e. The van der Waals surface area contributed by atoms with E-state index in [0.29, 0.717) is 28.8 Å². The lowest BCUT2D eigenvalue weighted by Gasteiger charge is -2.09. The van der Waals surface area contributed by atoms with Gasteiger partial charge in [-0.25, -0.2) is 4.98 Å². The maximum atomic E-state index is 12.0. The Morgan fingerprint density at radius 2 is 1.85 bits per heavy atom. The number of nitrogens with one attached hydrogen (secondary N) is 1. The predicted molar refractivity (Wildman–Crippen MR) is 102 cm³/mol. The molecule has 1 N–H and O–H groups in total. The monoisotopic (exact) mass is 363 g/mol. The second-order valence-corrected chi connectivity index (χ2v) is 6.50. The molecule has 0 atom stereocenters. The fourth-order valence-electron chi connectivity index (χ4n) is 2.42. The quantitative estimate of drug-likeness (QED) is 0.549. The van der Waals surface area contributed by atoms with Crippen LogP contribution in [0.15, 0.2) is 58.5 Å². The van der Waals surface area contributed by atoms with Gasteiger partial charge in [0.1, 0.15) is 24.0 Å². The Balaban J connectivity index is 1.82. The van der Waals surface area contributed by atoms with Crippen LogP contribution in [0.4, 0.5) is 0 Å². The molecule has 3 rings (SSSR count). The Morgan fingerprint density at radius 1 is 1.15 bits per heavy atom. The molecule has 3 aromatic rings. The molecule has 0 spiro atoms. The zero-order chi connectivity index (χ0) is 18.5. The summed E-state index contributed by atoms with van der Waals surface area (Å²) in [6.07, 6.45) is 1.82. The molecule has 0 amide bonds. The van der Waals surface area contributed by atoms with Gasteiger partial charge in [0.25, 0.3) is 5.56 Å². The van der Waals surface area contributed by atoms with E-state index in [1.54, 1.807) is 12.1 Å². The van der Waals surface area contributed by atoms with Crippen molar-refractivity contribution in [2.45, 2.75) is 18.7 Å². The number of hydrogen-bond donors (Lipinski definition) is 1. The molecule has 0 saturated heterocycles. The van der Waals surface area contributed by atoms with Gasteiger partial charge in [-0.15, -0.1) is 0 Å². The van der Waals surface area contributed by atoms with Crippen molar-refractivity contribution >= 4 is 11.8 Å². The molecule has 6 heteroatoms. The molecule has 0 bridgehead atoms. The van der Waals surface area contributed by atoms with E-state index < -0.39 is 5.56 Å². The Morgan fingerprint density at radius 3 is 2.46 bits per heavy atom. The third-order valence-electron chi connectivity index (χ3n) is 3.86. The summed E-state index contributed by atoms with van der Waals surface area (Å²) in [6.45, 7) is 2.52. The first kappa shape index (κ1) is 17.8. The van der Waals surface area contributed by atoms with E-state index in [-0.39, 0.29) is 5.56 Å². The van der Waals surface area contributed by atoms with Gasteiger partial charge in [0.15, 0.2) is 5.16 Å². The number of H-pyrrole nitrogens is 1. The number of thioether (sulfide) groups is 1. The lowest BCUT2D eigenvalue weighted by molar-refractivity contribution is 0.306. The molecule has 1 aromatic heterocycles. The van der Waals surface area contributed by atoms with Gasteiger partial charge in [0.2, 0.25) is 0 Å². The van der Waals surface area contributed by atoms with Crippen molar-refractivity contribution in [2.24, 2.45) is 0 Å². The van der Waals surface area contributed by atoms with Gasteiger partial charge >= 0.3 is 0 Å². The molecule has 130 valence electrons. The molecule has 0 fully saturated rings. The zero-order valence-electron chi connectivity index (χ0n) is 14.4. The molecule has 26 heavy (non-hydrogen) atoms. The first-order valence-electron chi connectivity index (χ1n) is 7.98. The van der Waals surface area contributed by atoms with Crippen molar-refractivity contribution in [3.63, 3.8) is 0 Å². The topological polar surface area (TPSA) is 78.8 Å². The van der Waals surface area contributed by atoms with Crippen LogP contribution in [-0.2, 0) is 6.61 Å². The third kappa shape index (κ3) is 3.95. The molecule has 0 aliphatic rings. The maximum Gasteiger partial charge on any atom is 0.270 e. The smallest absolute Gasteiger partial charge is 0.270 e. The normalized spacial score (nSPS) is 10.3. The fraction of sp³-hybridized carbons (Fsp3) is 0.150. The van der Waals surface area contributed by atoms with E-state index in [1.807, 2.05) is 55.6 Å². The fourth-order valence-corrected chi connectivity index (χ4v) is 2.80. The SMILES string of the molecule is CSc1nc(-c2ccc(OCc3ccc(C)cc3)cc2)c(C#N)c(=O)[nH]1. The van der Waals surface area contributed by atoms with Gasteiger partial charge in [0.05, 0.1) is 5.69 Å². The summed E-state index contributed by atoms with van der Waals surface area (Å²) < 4.78 is 5.79. The Bertz CT molecular complexity index is 1000. The van der Waals surface area contributed by atoms with Crippen molar-refractivity contribution in [3.05, 3.63) is 75.6 Å². The summed E-state index contributed by atoms with van der Waals surface area (Å²) in [6, 6.07) is 17.3. The molecule has 0 aliphatic heterocycles. The van der Waals surface area contributed by atoms with Crippen LogP contribution in [0.1, 0.15) is 16.7 Å². The molecule has 0 aliphatic carbocycles. The van der Waals surface area contributed by atoms with Crippen LogP contribution >= 0.6 is 11.8 Å². The standard InChI is InChI=1S/C20H17N3O2S/c1-13-3-5-14(6-4-13)12-25-16-9-7-15(8-10-16)18-17(11-21)19(24)23-20(22-18)26-2/h3-10H,12H2,1-2H3,(H,22,23,24). The van der Waals surface area contributed by atoms with Gasteiger partial charge in [-0.1, -0.05) is 41.6 Å². The lowest BCUT2D eigenvalue weighted by Crippen LogP contribution is -2.14. The Labute approximate surface area is 155 Å². The number of benzene rings is 2. The van der Waals surface area contributed by atoms with E-state index >= 15 is 0 Å². The molecule has 5 nitrogen and oxygen atoms in total. The average Bonchev–Trinajstić information content (AvgIpc) is 2.67. The van der Waals surface area contributed by atoms with Crippen LogP contribution in [0.2, 0.25) is 0 Å². The van der Waals surface area contributed by atoms with Crippen LogP contribution in [0.25, 0.3) is 11.3 Å². The van der Waals surface area contributed by atoms with Crippen LogP contribution in [0.5, 0.6) is 5.75 Å². The molecule has 0 radical (unpaired) electrons. The summed E-state index contributed by atoms with van der Waals surface area (Å²) >= 11 is 1.32. The predicted octanol–water partition coefficient (Wildman–Crippen LogP) is 3.92. The number of rotatable bonds is 5. The molecule has 1 heterocycles. The lowest BCUT2D eigenvalue weighted by atomic mass is 10.1. The summed E-state index contributed by atoms with van der Waals surface area (Å²) in [5, 5.41) is 9.74. The molecule has 0 unspecified atom stereocenters. The summed E-state index contributed by atoms with van der Waals surface area (Å²) in [7, 11) is 0. The summed E-state index contributed by atoms with van der Waals surface area (Å²) in [5.74, 6) is 0.711. The van der Waals surface area contributed by atoms with Crippen molar-refractivity contribution in [1.29, 1.82) is 5.26 Å². The number of hydrogen-bond acceptors (Lipinski definition) is 5. The summed E-state index contributed by atoms with van der Waals surface area (Å²) in [4.78, 5) is 19.0. The highest BCUT2D eigenvalue weighted by molar-refractivity contribution is 7.98. The molecular formula is C20H17N3O2S. The van der Waals surface area contributed by atoms with Crippen molar-refractivity contribution < 1.29 is 4.74 Å². The van der Waals surface area contributed by atoms with Crippen LogP contribution in [0.3, 0.4) is 0 Å². The Kier molecular flexibility index (Phi) is 5.40. The maximum absolute atomic E-state index is 12.0. The third-order valence-corrected chi connectivity index (χ3v) is 4.44. The molecular weight excluding hydrogens is 346 g/mol. The van der Waals surface area contributed by atoms with Gasteiger partial charge in [0, 0.05) is 5.56 Å². The minimum atomic E-state index is -0.429. The van der Waals surface area contributed by atoms with Gasteiger partial charge < -0.3 is 9.72 Å². The average molecular weight is 363 g/mol. The first-order chi connectivity index (χ1) is 12.6. The van der Waals surface area contributed by atoms with Crippen molar-refractivity contribution in [1.82, 2.24) is 9.97 Å². The van der Waals surface area contributed by atoms with Crippen LogP contribution in [0, 0.1) is 18.3 Å². The van der Waals surface area contributed by atoms with Gasteiger partial charge in [-0.05, 0) is 43.0 Å². The second kappa shape index (κ2) is 7.89. The van der Waals surface area contributed by atoms with E-state index in [4.69, 9.17) is 4.74 Å². The number of ether oxygens (including phenoxy) is 1. The number of nitrogens with zero attached hydrogens (tertiary/aromatic N) is 2. The highest BCUT2D eigenvalue weighted by atomic mass is 32.2. The van der Waals surface area contributed by atoms with Gasteiger partial charge in [-0.3, -0.25) is 4.79 Å². The Hall–Kier alpha value is -3.04. The second-order valence-electron chi connectivity index (χ2n) is 5.71. The number of aryl methyl sites for hydroxylation is 1. The zero-order valence-corrected chi connectivity index (χ0v) is 15.3. The number of aromatic nitrogens is 2. The van der Waals surface area contributed by atoms with Crippen LogP contribution in [-0.4, -0.2) is 16.2 Å². The minimum Gasteiger partial charge on any atom is -0.489 e. The van der Waals surface area contributed by atoms with E-state index in [1.165, 1.54) is 17.3 Å². The van der Waals surface area contributed by atoms with Crippen molar-refractivity contribution in [3.8, 4) is 23.1 Å². The van der Waals surface area contributed by atoms with Gasteiger partial charge in [-0.2, -0.15) is 5.26 Å². The first-order valence-corrected chi connectivity index (χ1v) is 9.20. The van der Waals surface area contributed by atoms with E-state index in [2.05, 4.69) is 9.97 Å². The highest BCUT2D eigenvalue weighted by Crippen LogP contribution is 2.24. The number of aromatic amines is 1. The summed E-state index contributed by atoms with van der Waals surface area (Å²) in [5.41, 5.74) is 2.96.